The van der Waals surface area contributed by atoms with Crippen molar-refractivity contribution in [3.63, 3.8) is 0 Å². The quantitative estimate of drug-likeness (QED) is 0.870. The van der Waals surface area contributed by atoms with Crippen molar-refractivity contribution >= 4 is 22.7 Å². The Hall–Kier alpha value is -2.34. The monoisotopic (exact) mass is 368 g/mol. The maximum Gasteiger partial charge on any atom is 0.270 e. The van der Waals surface area contributed by atoms with Crippen molar-refractivity contribution in [1.82, 2.24) is 20.1 Å². The van der Waals surface area contributed by atoms with E-state index in [2.05, 4.69) is 10.3 Å². The third kappa shape index (κ3) is 4.16. The maximum atomic E-state index is 12.8. The molecule has 6 nitrogen and oxygen atoms in total. The SMILES string of the molecule is O=C(CCC1CCNCC1)N1CCN(C(=O)c2cc3ccccc3[nH]2)CC1. The molecule has 6 heteroatoms. The molecule has 2 aliphatic heterocycles. The average molecular weight is 368 g/mol. The molecule has 27 heavy (non-hydrogen) atoms. The molecule has 2 N–H and O–H groups in total. The van der Waals surface area contributed by atoms with Crippen LogP contribution in [-0.4, -0.2) is 65.9 Å². The van der Waals surface area contributed by atoms with Crippen molar-refractivity contribution in [1.29, 1.82) is 0 Å². The molecule has 0 saturated carbocycles. The van der Waals surface area contributed by atoms with Gasteiger partial charge in [-0.3, -0.25) is 9.59 Å². The van der Waals surface area contributed by atoms with Crippen molar-refractivity contribution in [3.8, 4) is 0 Å². The Bertz CT molecular complexity index is 768. The van der Waals surface area contributed by atoms with Gasteiger partial charge in [0.1, 0.15) is 5.69 Å². The molecule has 144 valence electrons. The first-order valence-corrected chi connectivity index (χ1v) is 10.1. The number of carbonyl (C=O) groups is 2. The minimum atomic E-state index is 0.0213. The fraction of sp³-hybridized carbons (Fsp3) is 0.524. The van der Waals surface area contributed by atoms with Gasteiger partial charge in [0.25, 0.3) is 5.91 Å². The van der Waals surface area contributed by atoms with Gasteiger partial charge in [-0.15, -0.1) is 0 Å². The number of amides is 2. The molecule has 1 aromatic carbocycles. The average Bonchev–Trinajstić information content (AvgIpc) is 3.16. The molecular weight excluding hydrogens is 340 g/mol. The van der Waals surface area contributed by atoms with Gasteiger partial charge in [0.2, 0.25) is 5.91 Å². The van der Waals surface area contributed by atoms with Gasteiger partial charge in [-0.1, -0.05) is 18.2 Å². The molecule has 3 heterocycles. The molecule has 2 fully saturated rings. The first-order chi connectivity index (χ1) is 13.2. The number of fused-ring (bicyclic) bond motifs is 1. The number of nitrogens with zero attached hydrogens (tertiary/aromatic N) is 2. The highest BCUT2D eigenvalue weighted by atomic mass is 16.2. The summed E-state index contributed by atoms with van der Waals surface area (Å²) in [7, 11) is 0. The van der Waals surface area contributed by atoms with E-state index in [0.29, 0.717) is 44.2 Å². The first kappa shape index (κ1) is 18.0. The molecule has 0 bridgehead atoms. The van der Waals surface area contributed by atoms with Gasteiger partial charge in [0.15, 0.2) is 0 Å². The standard InChI is InChI=1S/C21H28N4O2/c26-20(6-5-16-7-9-22-10-8-16)24-11-13-25(14-12-24)21(27)19-15-17-3-1-2-4-18(17)23-19/h1-4,15-16,22-23H,5-14H2. The lowest BCUT2D eigenvalue weighted by Crippen LogP contribution is -2.50. The van der Waals surface area contributed by atoms with Gasteiger partial charge in [-0.25, -0.2) is 0 Å². The topological polar surface area (TPSA) is 68.4 Å². The highest BCUT2D eigenvalue weighted by molar-refractivity contribution is 5.98. The third-order valence-corrected chi connectivity index (χ3v) is 5.91. The lowest BCUT2D eigenvalue weighted by atomic mass is 9.93. The van der Waals surface area contributed by atoms with E-state index in [1.165, 1.54) is 12.8 Å². The summed E-state index contributed by atoms with van der Waals surface area (Å²) in [4.78, 5) is 32.3. The van der Waals surface area contributed by atoms with E-state index in [1.807, 2.05) is 40.1 Å². The van der Waals surface area contributed by atoms with Crippen LogP contribution in [0.4, 0.5) is 0 Å². The van der Waals surface area contributed by atoms with Crippen LogP contribution in [0.5, 0.6) is 0 Å². The molecule has 0 radical (unpaired) electrons. The van der Waals surface area contributed by atoms with Crippen molar-refractivity contribution in [2.24, 2.45) is 5.92 Å². The molecule has 0 atom stereocenters. The van der Waals surface area contributed by atoms with E-state index in [-0.39, 0.29) is 11.8 Å². The summed E-state index contributed by atoms with van der Waals surface area (Å²) in [5.74, 6) is 0.944. The molecule has 2 aromatic rings. The number of hydrogen-bond acceptors (Lipinski definition) is 3. The summed E-state index contributed by atoms with van der Waals surface area (Å²) in [6, 6.07) is 9.82. The van der Waals surface area contributed by atoms with Crippen LogP contribution in [0.25, 0.3) is 10.9 Å². The van der Waals surface area contributed by atoms with E-state index in [0.717, 1.165) is 30.4 Å². The molecule has 0 unspecified atom stereocenters. The van der Waals surface area contributed by atoms with Gasteiger partial charge < -0.3 is 20.1 Å². The number of carbonyl (C=O) groups excluding carboxylic acids is 2. The zero-order valence-electron chi connectivity index (χ0n) is 15.7. The van der Waals surface area contributed by atoms with Crippen LogP contribution >= 0.6 is 0 Å². The minimum Gasteiger partial charge on any atom is -0.351 e. The number of piperazine rings is 1. The van der Waals surface area contributed by atoms with Crippen molar-refractivity contribution in [2.75, 3.05) is 39.3 Å². The van der Waals surface area contributed by atoms with Gasteiger partial charge in [0.05, 0.1) is 0 Å². The number of hydrogen-bond donors (Lipinski definition) is 2. The molecule has 0 spiro atoms. The predicted molar refractivity (Wildman–Crippen MR) is 106 cm³/mol. The second kappa shape index (κ2) is 8.13. The fourth-order valence-electron chi connectivity index (χ4n) is 4.17. The minimum absolute atomic E-state index is 0.0213. The van der Waals surface area contributed by atoms with Gasteiger partial charge in [-0.2, -0.15) is 0 Å². The van der Waals surface area contributed by atoms with Crippen molar-refractivity contribution in [3.05, 3.63) is 36.0 Å². The molecule has 2 aliphatic rings. The molecule has 2 saturated heterocycles. The van der Waals surface area contributed by atoms with E-state index in [1.54, 1.807) is 0 Å². The Balaban J connectivity index is 1.27. The van der Waals surface area contributed by atoms with E-state index >= 15 is 0 Å². The largest absolute Gasteiger partial charge is 0.351 e. The molecule has 4 rings (SSSR count). The van der Waals surface area contributed by atoms with E-state index < -0.39 is 0 Å². The Kier molecular flexibility index (Phi) is 5.43. The smallest absolute Gasteiger partial charge is 0.270 e. The first-order valence-electron chi connectivity index (χ1n) is 10.1. The second-order valence-corrected chi connectivity index (χ2v) is 7.68. The number of nitrogens with one attached hydrogen (secondary N) is 2. The third-order valence-electron chi connectivity index (χ3n) is 5.91. The highest BCUT2D eigenvalue weighted by Crippen LogP contribution is 2.20. The second-order valence-electron chi connectivity index (χ2n) is 7.68. The summed E-state index contributed by atoms with van der Waals surface area (Å²) in [5.41, 5.74) is 1.61. The Morgan fingerprint density at radius 3 is 2.44 bits per heavy atom. The number of H-pyrrole nitrogens is 1. The number of para-hydroxylation sites is 1. The summed E-state index contributed by atoms with van der Waals surface area (Å²) in [6.07, 6.45) is 4.00. The van der Waals surface area contributed by atoms with Crippen molar-refractivity contribution in [2.45, 2.75) is 25.7 Å². The van der Waals surface area contributed by atoms with Crippen LogP contribution in [0.15, 0.2) is 30.3 Å². The molecular formula is C21H28N4O2. The number of rotatable bonds is 4. The lowest BCUT2D eigenvalue weighted by Gasteiger charge is -2.35. The van der Waals surface area contributed by atoms with E-state index in [9.17, 15) is 9.59 Å². The van der Waals surface area contributed by atoms with Crippen LogP contribution in [0.3, 0.4) is 0 Å². The van der Waals surface area contributed by atoms with Gasteiger partial charge in [0, 0.05) is 43.5 Å². The molecule has 2 amide bonds. The number of aromatic amines is 1. The van der Waals surface area contributed by atoms with Crippen LogP contribution in [-0.2, 0) is 4.79 Å². The summed E-state index contributed by atoms with van der Waals surface area (Å²) in [6.45, 7) is 4.63. The summed E-state index contributed by atoms with van der Waals surface area (Å²) < 4.78 is 0. The normalized spacial score (nSPS) is 18.8. The van der Waals surface area contributed by atoms with Gasteiger partial charge >= 0.3 is 0 Å². The Morgan fingerprint density at radius 1 is 1.00 bits per heavy atom. The number of piperidine rings is 1. The van der Waals surface area contributed by atoms with Crippen LogP contribution in [0.1, 0.15) is 36.2 Å². The number of aromatic nitrogens is 1. The fourth-order valence-corrected chi connectivity index (χ4v) is 4.17. The number of benzene rings is 1. The summed E-state index contributed by atoms with van der Waals surface area (Å²) in [5, 5.41) is 4.42. The Labute approximate surface area is 159 Å². The van der Waals surface area contributed by atoms with E-state index in [4.69, 9.17) is 0 Å². The summed E-state index contributed by atoms with van der Waals surface area (Å²) >= 11 is 0. The maximum absolute atomic E-state index is 12.8. The van der Waals surface area contributed by atoms with Crippen LogP contribution in [0.2, 0.25) is 0 Å². The Morgan fingerprint density at radius 2 is 1.70 bits per heavy atom. The molecule has 1 aromatic heterocycles. The van der Waals surface area contributed by atoms with Crippen molar-refractivity contribution < 1.29 is 9.59 Å². The van der Waals surface area contributed by atoms with Gasteiger partial charge in [-0.05, 0) is 50.4 Å². The highest BCUT2D eigenvalue weighted by Gasteiger charge is 2.26. The zero-order chi connectivity index (χ0) is 18.6. The predicted octanol–water partition coefficient (Wildman–Crippen LogP) is 2.23. The molecule has 0 aliphatic carbocycles. The lowest BCUT2D eigenvalue weighted by molar-refractivity contribution is -0.133. The zero-order valence-corrected chi connectivity index (χ0v) is 15.7. The van der Waals surface area contributed by atoms with Crippen LogP contribution < -0.4 is 5.32 Å². The van der Waals surface area contributed by atoms with Crippen LogP contribution in [0, 0.1) is 5.92 Å².